The molecule has 17 heavy (non-hydrogen) atoms. The molecule has 3 N–H and O–H groups in total. The van der Waals surface area contributed by atoms with Crippen molar-refractivity contribution in [1.29, 1.82) is 0 Å². The molecule has 2 aromatic rings. The first-order valence-corrected chi connectivity index (χ1v) is 4.93. The summed E-state index contributed by atoms with van der Waals surface area (Å²) in [6.45, 7) is 0. The Balaban J connectivity index is 2.18. The normalized spacial score (nSPS) is 9.94. The highest BCUT2D eigenvalue weighted by Gasteiger charge is 2.08. The van der Waals surface area contributed by atoms with E-state index >= 15 is 0 Å². The maximum absolute atomic E-state index is 13.2. The van der Waals surface area contributed by atoms with Crippen molar-refractivity contribution in [3.63, 3.8) is 0 Å². The first-order chi connectivity index (χ1) is 8.16. The Morgan fingerprint density at radius 3 is 2.59 bits per heavy atom. The second kappa shape index (κ2) is 4.61. The molecule has 5 heteroatoms. The van der Waals surface area contributed by atoms with Gasteiger partial charge in [-0.25, -0.2) is 4.39 Å². The lowest BCUT2D eigenvalue weighted by Gasteiger charge is -2.05. The van der Waals surface area contributed by atoms with Gasteiger partial charge in [0.15, 0.2) is 0 Å². The van der Waals surface area contributed by atoms with Gasteiger partial charge >= 0.3 is 0 Å². The van der Waals surface area contributed by atoms with Crippen LogP contribution in [-0.4, -0.2) is 10.9 Å². The van der Waals surface area contributed by atoms with Gasteiger partial charge in [0, 0.05) is 23.6 Å². The number of nitrogens with one attached hydrogen (secondary N) is 1. The molecule has 86 valence electrons. The number of carbonyl (C=O) groups excluding carboxylic acids is 1. The van der Waals surface area contributed by atoms with E-state index in [0.29, 0.717) is 5.69 Å². The van der Waals surface area contributed by atoms with Crippen LogP contribution in [0.25, 0.3) is 0 Å². The molecular formula is C12H10FN3O. The Kier molecular flexibility index (Phi) is 3.00. The Morgan fingerprint density at radius 1 is 1.24 bits per heavy atom. The first kappa shape index (κ1) is 11.1. The Morgan fingerprint density at radius 2 is 1.94 bits per heavy atom. The van der Waals surface area contributed by atoms with Crippen molar-refractivity contribution in [3.05, 3.63) is 54.1 Å². The van der Waals surface area contributed by atoms with Gasteiger partial charge in [-0.05, 0) is 30.3 Å². The fourth-order valence-corrected chi connectivity index (χ4v) is 1.31. The average molecular weight is 231 g/mol. The lowest BCUT2D eigenvalue weighted by atomic mass is 10.2. The van der Waals surface area contributed by atoms with E-state index < -0.39 is 11.7 Å². The number of anilines is 2. The summed E-state index contributed by atoms with van der Waals surface area (Å²) in [5, 5.41) is 2.62. The van der Waals surface area contributed by atoms with Crippen LogP contribution in [0.15, 0.2) is 42.7 Å². The molecule has 0 unspecified atom stereocenters. The zero-order chi connectivity index (χ0) is 12.3. The van der Waals surface area contributed by atoms with E-state index in [2.05, 4.69) is 10.3 Å². The van der Waals surface area contributed by atoms with Gasteiger partial charge in [-0.1, -0.05) is 0 Å². The number of hydrogen-bond acceptors (Lipinski definition) is 3. The molecule has 1 amide bonds. The third-order valence-electron chi connectivity index (χ3n) is 2.20. The van der Waals surface area contributed by atoms with E-state index in [1.54, 1.807) is 24.5 Å². The highest BCUT2D eigenvalue weighted by molar-refractivity contribution is 6.04. The number of amides is 1. The summed E-state index contributed by atoms with van der Waals surface area (Å²) in [6.07, 6.45) is 3.11. The standard InChI is InChI=1S/C12H10FN3O/c13-10-7-8(1-2-11(10)14)12(17)16-9-3-5-15-6-4-9/h1-7H,14H2,(H,15,16,17). The molecule has 0 saturated carbocycles. The number of aromatic nitrogens is 1. The smallest absolute Gasteiger partial charge is 0.255 e. The van der Waals surface area contributed by atoms with E-state index in [-0.39, 0.29) is 11.3 Å². The molecule has 0 aliphatic carbocycles. The van der Waals surface area contributed by atoms with Crippen molar-refractivity contribution in [2.24, 2.45) is 0 Å². The third-order valence-corrected chi connectivity index (χ3v) is 2.20. The van der Waals surface area contributed by atoms with Crippen LogP contribution >= 0.6 is 0 Å². The number of hydrogen-bond donors (Lipinski definition) is 2. The highest BCUT2D eigenvalue weighted by atomic mass is 19.1. The number of carbonyl (C=O) groups is 1. The Bertz CT molecular complexity index is 543. The van der Waals surface area contributed by atoms with Gasteiger partial charge < -0.3 is 11.1 Å². The van der Waals surface area contributed by atoms with Crippen LogP contribution < -0.4 is 11.1 Å². The van der Waals surface area contributed by atoms with Crippen LogP contribution in [0.1, 0.15) is 10.4 Å². The lowest BCUT2D eigenvalue weighted by Crippen LogP contribution is -2.12. The van der Waals surface area contributed by atoms with E-state index in [1.807, 2.05) is 0 Å². The van der Waals surface area contributed by atoms with Gasteiger partial charge in [0.25, 0.3) is 5.91 Å². The third kappa shape index (κ3) is 2.57. The fourth-order valence-electron chi connectivity index (χ4n) is 1.31. The van der Waals surface area contributed by atoms with Crippen molar-refractivity contribution in [2.75, 3.05) is 11.1 Å². The zero-order valence-corrected chi connectivity index (χ0v) is 8.85. The average Bonchev–Trinajstić information content (AvgIpc) is 2.34. The molecule has 1 aromatic heterocycles. The van der Waals surface area contributed by atoms with Crippen molar-refractivity contribution >= 4 is 17.3 Å². The van der Waals surface area contributed by atoms with Gasteiger partial charge in [0.2, 0.25) is 0 Å². The molecule has 0 atom stereocenters. The van der Waals surface area contributed by atoms with Crippen molar-refractivity contribution in [3.8, 4) is 0 Å². The van der Waals surface area contributed by atoms with Gasteiger partial charge in [-0.2, -0.15) is 0 Å². The summed E-state index contributed by atoms with van der Waals surface area (Å²) in [5.74, 6) is -0.998. The topological polar surface area (TPSA) is 68.0 Å². The van der Waals surface area contributed by atoms with Crippen LogP contribution in [-0.2, 0) is 0 Å². The van der Waals surface area contributed by atoms with E-state index in [0.717, 1.165) is 6.07 Å². The molecule has 1 heterocycles. The van der Waals surface area contributed by atoms with Crippen LogP contribution in [0.4, 0.5) is 15.8 Å². The summed E-state index contributed by atoms with van der Waals surface area (Å²) < 4.78 is 13.2. The Hall–Kier alpha value is -2.43. The van der Waals surface area contributed by atoms with E-state index in [4.69, 9.17) is 5.73 Å². The van der Waals surface area contributed by atoms with Gasteiger partial charge in [0.1, 0.15) is 5.82 Å². The quantitative estimate of drug-likeness (QED) is 0.777. The van der Waals surface area contributed by atoms with Crippen molar-refractivity contribution in [2.45, 2.75) is 0 Å². The summed E-state index contributed by atoms with van der Waals surface area (Å²) in [4.78, 5) is 15.6. The lowest BCUT2D eigenvalue weighted by molar-refractivity contribution is 0.102. The number of pyridine rings is 1. The van der Waals surface area contributed by atoms with Gasteiger partial charge in [-0.3, -0.25) is 9.78 Å². The minimum Gasteiger partial charge on any atom is -0.396 e. The highest BCUT2D eigenvalue weighted by Crippen LogP contribution is 2.13. The van der Waals surface area contributed by atoms with Crippen LogP contribution in [0.5, 0.6) is 0 Å². The predicted octanol–water partition coefficient (Wildman–Crippen LogP) is 2.06. The maximum Gasteiger partial charge on any atom is 0.255 e. The number of benzene rings is 1. The predicted molar refractivity (Wildman–Crippen MR) is 63.0 cm³/mol. The molecule has 0 radical (unpaired) electrons. The number of nitrogens with zero attached hydrogens (tertiary/aromatic N) is 1. The molecule has 0 spiro atoms. The minimum atomic E-state index is -0.604. The summed E-state index contributed by atoms with van der Waals surface area (Å²) in [7, 11) is 0. The summed E-state index contributed by atoms with van der Waals surface area (Å²) in [5.41, 5.74) is 6.16. The zero-order valence-electron chi connectivity index (χ0n) is 8.85. The fraction of sp³-hybridized carbons (Fsp3) is 0. The second-order valence-corrected chi connectivity index (χ2v) is 3.43. The molecule has 0 saturated heterocycles. The van der Waals surface area contributed by atoms with E-state index in [1.165, 1.54) is 12.1 Å². The molecule has 1 aromatic carbocycles. The van der Waals surface area contributed by atoms with Crippen LogP contribution in [0.2, 0.25) is 0 Å². The van der Waals surface area contributed by atoms with Crippen molar-refractivity contribution in [1.82, 2.24) is 4.98 Å². The molecule has 2 rings (SSSR count). The van der Waals surface area contributed by atoms with Crippen LogP contribution in [0, 0.1) is 5.82 Å². The van der Waals surface area contributed by atoms with E-state index in [9.17, 15) is 9.18 Å². The number of nitrogens with two attached hydrogens (primary N) is 1. The van der Waals surface area contributed by atoms with Gasteiger partial charge in [0.05, 0.1) is 5.69 Å². The second-order valence-electron chi connectivity index (χ2n) is 3.43. The monoisotopic (exact) mass is 231 g/mol. The van der Waals surface area contributed by atoms with Gasteiger partial charge in [-0.15, -0.1) is 0 Å². The summed E-state index contributed by atoms with van der Waals surface area (Å²) >= 11 is 0. The molecule has 4 nitrogen and oxygen atoms in total. The van der Waals surface area contributed by atoms with Crippen molar-refractivity contribution < 1.29 is 9.18 Å². The molecule has 0 aliphatic rings. The maximum atomic E-state index is 13.2. The molecule has 0 aliphatic heterocycles. The molecule has 0 fully saturated rings. The first-order valence-electron chi connectivity index (χ1n) is 4.93. The number of rotatable bonds is 2. The number of halogens is 1. The minimum absolute atomic E-state index is 0.0189. The molecular weight excluding hydrogens is 221 g/mol. The summed E-state index contributed by atoms with van der Waals surface area (Å²) in [6, 6.07) is 7.22. The largest absolute Gasteiger partial charge is 0.396 e. The van der Waals surface area contributed by atoms with Crippen LogP contribution in [0.3, 0.4) is 0 Å². The Labute approximate surface area is 97.3 Å². The molecule has 0 bridgehead atoms. The number of nitrogen functional groups attached to an aromatic ring is 1. The SMILES string of the molecule is Nc1ccc(C(=O)Nc2ccncc2)cc1F.